The third kappa shape index (κ3) is 6.11. The molecule has 2 aromatic carbocycles. The zero-order chi connectivity index (χ0) is 19.8. The molecule has 0 spiro atoms. The molecule has 1 aliphatic heterocycles. The van der Waals surface area contributed by atoms with E-state index in [-0.39, 0.29) is 0 Å². The van der Waals surface area contributed by atoms with Crippen LogP contribution in [0.2, 0.25) is 5.02 Å². The smallest absolute Gasteiger partial charge is 0.163 e. The second-order valence-corrected chi connectivity index (χ2v) is 7.41. The fourth-order valence-corrected chi connectivity index (χ4v) is 3.45. The fraction of sp³-hybridized carbons (Fsp3) is 0.455. The van der Waals surface area contributed by atoms with Gasteiger partial charge in [0.25, 0.3) is 0 Å². The second-order valence-electron chi connectivity index (χ2n) is 7.00. The van der Waals surface area contributed by atoms with Crippen LogP contribution in [0, 0.1) is 6.92 Å². The van der Waals surface area contributed by atoms with Gasteiger partial charge in [-0.15, -0.1) is 0 Å². The lowest BCUT2D eigenvalue weighted by Crippen LogP contribution is -2.40. The molecule has 0 amide bonds. The maximum atomic E-state index is 6.49. The number of halogens is 1. The molecule has 1 aliphatic rings. The number of hydrogen-bond acceptors (Lipinski definition) is 5. The molecule has 1 saturated heterocycles. The lowest BCUT2D eigenvalue weighted by Gasteiger charge is -2.26. The molecule has 3 rings (SSSR count). The van der Waals surface area contributed by atoms with Gasteiger partial charge in [0.1, 0.15) is 6.61 Å². The minimum atomic E-state index is 0.478. The highest BCUT2D eigenvalue weighted by atomic mass is 35.5. The maximum absolute atomic E-state index is 6.49. The quantitative estimate of drug-likeness (QED) is 0.646. The molecule has 28 heavy (non-hydrogen) atoms. The number of ether oxygens (including phenoxy) is 3. The van der Waals surface area contributed by atoms with Gasteiger partial charge in [-0.1, -0.05) is 41.4 Å². The van der Waals surface area contributed by atoms with Gasteiger partial charge in [0.15, 0.2) is 11.5 Å². The third-order valence-corrected chi connectivity index (χ3v) is 5.19. The van der Waals surface area contributed by atoms with Gasteiger partial charge in [-0.05, 0) is 24.1 Å². The van der Waals surface area contributed by atoms with Crippen LogP contribution >= 0.6 is 11.6 Å². The summed E-state index contributed by atoms with van der Waals surface area (Å²) in [6, 6.07) is 12.1. The highest BCUT2D eigenvalue weighted by Gasteiger charge is 2.12. The van der Waals surface area contributed by atoms with E-state index in [4.69, 9.17) is 25.8 Å². The predicted octanol–water partition coefficient (Wildman–Crippen LogP) is 3.66. The Morgan fingerprint density at radius 1 is 1.14 bits per heavy atom. The van der Waals surface area contributed by atoms with E-state index in [1.165, 1.54) is 5.56 Å². The highest BCUT2D eigenvalue weighted by molar-refractivity contribution is 6.31. The van der Waals surface area contributed by atoms with Crippen molar-refractivity contribution in [1.82, 2.24) is 10.2 Å². The van der Waals surface area contributed by atoms with Crippen molar-refractivity contribution >= 4 is 11.6 Å². The highest BCUT2D eigenvalue weighted by Crippen LogP contribution is 2.34. The number of morpholine rings is 1. The average Bonchev–Trinajstić information content (AvgIpc) is 2.71. The number of nitrogens with one attached hydrogen (secondary N) is 1. The van der Waals surface area contributed by atoms with Crippen LogP contribution in [0.25, 0.3) is 0 Å². The Morgan fingerprint density at radius 3 is 2.71 bits per heavy atom. The molecule has 1 fully saturated rings. The predicted molar refractivity (Wildman–Crippen MR) is 112 cm³/mol. The number of benzene rings is 2. The number of methoxy groups -OCH3 is 1. The van der Waals surface area contributed by atoms with Crippen LogP contribution in [0.1, 0.15) is 16.7 Å². The molecular formula is C22H29ClN2O3. The summed E-state index contributed by atoms with van der Waals surface area (Å²) in [5, 5.41) is 4.14. The first kappa shape index (κ1) is 20.9. The van der Waals surface area contributed by atoms with Gasteiger partial charge in [-0.3, -0.25) is 4.90 Å². The molecule has 0 aliphatic carbocycles. The normalized spacial score (nSPS) is 14.8. The maximum Gasteiger partial charge on any atom is 0.163 e. The van der Waals surface area contributed by atoms with Crippen molar-refractivity contribution in [3.05, 3.63) is 58.1 Å². The summed E-state index contributed by atoms with van der Waals surface area (Å²) in [5.74, 6) is 1.35. The molecule has 0 aromatic heterocycles. The number of nitrogens with zero attached hydrogens (tertiary/aromatic N) is 1. The Kier molecular flexibility index (Phi) is 7.98. The molecular weight excluding hydrogens is 376 g/mol. The van der Waals surface area contributed by atoms with Gasteiger partial charge in [0.05, 0.1) is 20.3 Å². The Balaban J connectivity index is 1.54. The van der Waals surface area contributed by atoms with Crippen molar-refractivity contribution in [2.24, 2.45) is 0 Å². The zero-order valence-electron chi connectivity index (χ0n) is 16.7. The van der Waals surface area contributed by atoms with E-state index < -0.39 is 0 Å². The van der Waals surface area contributed by atoms with Crippen LogP contribution < -0.4 is 14.8 Å². The van der Waals surface area contributed by atoms with Crippen molar-refractivity contribution in [2.45, 2.75) is 20.1 Å². The molecule has 0 atom stereocenters. The van der Waals surface area contributed by atoms with Gasteiger partial charge < -0.3 is 19.5 Å². The topological polar surface area (TPSA) is 43.0 Å². The van der Waals surface area contributed by atoms with Crippen LogP contribution in [0.4, 0.5) is 0 Å². The standard InChI is InChI=1S/C22H29ClN2O3/c1-17-4-3-5-18(12-17)16-28-22-14-20(23)19(13-21(22)26-2)15-24-6-7-25-8-10-27-11-9-25/h3-5,12-14,24H,6-11,15-16H2,1-2H3. The molecule has 2 aromatic rings. The molecule has 5 nitrogen and oxygen atoms in total. The van der Waals surface area contributed by atoms with E-state index in [9.17, 15) is 0 Å². The Bertz CT molecular complexity index is 763. The van der Waals surface area contributed by atoms with Crippen molar-refractivity contribution in [3.8, 4) is 11.5 Å². The lowest BCUT2D eigenvalue weighted by atomic mass is 10.1. The largest absolute Gasteiger partial charge is 0.493 e. The summed E-state index contributed by atoms with van der Waals surface area (Å²) in [4.78, 5) is 2.40. The fourth-order valence-electron chi connectivity index (χ4n) is 3.23. The number of aryl methyl sites for hydroxylation is 1. The average molecular weight is 405 g/mol. The van der Waals surface area contributed by atoms with Crippen molar-refractivity contribution in [1.29, 1.82) is 0 Å². The zero-order valence-corrected chi connectivity index (χ0v) is 17.4. The molecule has 0 unspecified atom stereocenters. The number of rotatable bonds is 9. The van der Waals surface area contributed by atoms with Gasteiger partial charge in [-0.2, -0.15) is 0 Å². The van der Waals surface area contributed by atoms with Gasteiger partial charge >= 0.3 is 0 Å². The summed E-state index contributed by atoms with van der Waals surface area (Å²) in [7, 11) is 1.65. The summed E-state index contributed by atoms with van der Waals surface area (Å²) in [6.07, 6.45) is 0. The second kappa shape index (κ2) is 10.7. The Hall–Kier alpha value is -1.79. The molecule has 152 valence electrons. The first-order valence-corrected chi connectivity index (χ1v) is 10.1. The van der Waals surface area contributed by atoms with E-state index in [2.05, 4.69) is 29.3 Å². The van der Waals surface area contributed by atoms with E-state index in [0.717, 1.165) is 50.5 Å². The van der Waals surface area contributed by atoms with Crippen LogP contribution in [-0.4, -0.2) is 51.4 Å². The molecule has 0 bridgehead atoms. The van der Waals surface area contributed by atoms with Crippen LogP contribution in [-0.2, 0) is 17.9 Å². The SMILES string of the molecule is COc1cc(CNCCN2CCOCC2)c(Cl)cc1OCc1cccc(C)c1. The van der Waals surface area contributed by atoms with Crippen LogP contribution in [0.15, 0.2) is 36.4 Å². The van der Waals surface area contributed by atoms with Gasteiger partial charge in [0.2, 0.25) is 0 Å². The van der Waals surface area contributed by atoms with Crippen molar-refractivity contribution in [3.63, 3.8) is 0 Å². The van der Waals surface area contributed by atoms with Crippen molar-refractivity contribution in [2.75, 3.05) is 46.5 Å². The summed E-state index contributed by atoms with van der Waals surface area (Å²) in [5.41, 5.74) is 3.33. The monoisotopic (exact) mass is 404 g/mol. The Labute approximate surface area is 172 Å². The summed E-state index contributed by atoms with van der Waals surface area (Å²) in [6.45, 7) is 8.82. The summed E-state index contributed by atoms with van der Waals surface area (Å²) < 4.78 is 16.9. The molecule has 1 N–H and O–H groups in total. The van der Waals surface area contributed by atoms with Crippen LogP contribution in [0.5, 0.6) is 11.5 Å². The van der Waals surface area contributed by atoms with E-state index >= 15 is 0 Å². The molecule has 0 saturated carbocycles. The molecule has 0 radical (unpaired) electrons. The molecule has 6 heteroatoms. The minimum absolute atomic E-state index is 0.478. The third-order valence-electron chi connectivity index (χ3n) is 4.83. The Morgan fingerprint density at radius 2 is 1.96 bits per heavy atom. The minimum Gasteiger partial charge on any atom is -0.493 e. The lowest BCUT2D eigenvalue weighted by molar-refractivity contribution is 0.0384. The van der Waals surface area contributed by atoms with E-state index in [0.29, 0.717) is 29.7 Å². The first-order chi connectivity index (χ1) is 13.7. The van der Waals surface area contributed by atoms with Gasteiger partial charge in [0, 0.05) is 43.8 Å². The van der Waals surface area contributed by atoms with E-state index in [1.807, 2.05) is 24.3 Å². The van der Waals surface area contributed by atoms with Gasteiger partial charge in [-0.25, -0.2) is 0 Å². The molecule has 1 heterocycles. The number of hydrogen-bond donors (Lipinski definition) is 1. The van der Waals surface area contributed by atoms with E-state index in [1.54, 1.807) is 7.11 Å². The summed E-state index contributed by atoms with van der Waals surface area (Å²) >= 11 is 6.49. The first-order valence-electron chi connectivity index (χ1n) is 9.71. The van der Waals surface area contributed by atoms with Crippen molar-refractivity contribution < 1.29 is 14.2 Å². The van der Waals surface area contributed by atoms with Crippen LogP contribution in [0.3, 0.4) is 0 Å².